The van der Waals surface area contributed by atoms with Crippen molar-refractivity contribution < 1.29 is 9.59 Å². The van der Waals surface area contributed by atoms with Crippen LogP contribution in [0.5, 0.6) is 0 Å². The molecule has 0 saturated carbocycles. The highest BCUT2D eigenvalue weighted by molar-refractivity contribution is 9.10. The first-order valence-corrected chi connectivity index (χ1v) is 10.5. The third-order valence-electron chi connectivity index (χ3n) is 3.61. The number of hydrogen-bond acceptors (Lipinski definition) is 5. The van der Waals surface area contributed by atoms with Crippen LogP contribution in [0.2, 0.25) is 0 Å². The van der Waals surface area contributed by atoms with E-state index in [4.69, 9.17) is 0 Å². The number of carbonyl (C=O) groups excluding carboxylic acids is 2. The number of hydrazine groups is 1. The summed E-state index contributed by atoms with van der Waals surface area (Å²) in [5.41, 5.74) is 7.20. The van der Waals surface area contributed by atoms with E-state index in [1.165, 1.54) is 11.3 Å². The summed E-state index contributed by atoms with van der Waals surface area (Å²) in [5.74, 6) is -0.656. The van der Waals surface area contributed by atoms with Gasteiger partial charge in [0.15, 0.2) is 0 Å². The van der Waals surface area contributed by atoms with E-state index in [2.05, 4.69) is 38.7 Å². The number of hydrogen-bond donors (Lipinski definition) is 2. The van der Waals surface area contributed by atoms with E-state index < -0.39 is 0 Å². The highest BCUT2D eigenvalue weighted by atomic mass is 79.9. The molecule has 0 unspecified atom stereocenters. The van der Waals surface area contributed by atoms with Gasteiger partial charge in [0.05, 0.1) is 17.0 Å². The van der Waals surface area contributed by atoms with Crippen molar-refractivity contribution in [2.45, 2.75) is 19.8 Å². The van der Waals surface area contributed by atoms with Crippen LogP contribution in [0.1, 0.15) is 28.5 Å². The maximum Gasteiger partial charge on any atom is 0.269 e. The minimum Gasteiger partial charge on any atom is -0.273 e. The number of nitrogens with zero attached hydrogens (tertiary/aromatic N) is 1. The largest absolute Gasteiger partial charge is 0.273 e. The molecule has 3 rings (SSSR count). The van der Waals surface area contributed by atoms with Crippen molar-refractivity contribution in [1.29, 1.82) is 0 Å². The van der Waals surface area contributed by atoms with Crippen molar-refractivity contribution in [2.24, 2.45) is 0 Å². The van der Waals surface area contributed by atoms with Gasteiger partial charge in [-0.25, -0.2) is 4.98 Å². The smallest absolute Gasteiger partial charge is 0.269 e. The van der Waals surface area contributed by atoms with Crippen LogP contribution < -0.4 is 10.9 Å². The number of amides is 2. The second-order valence-corrected chi connectivity index (χ2v) is 8.19. The molecule has 0 radical (unpaired) electrons. The number of aryl methyl sites for hydroxylation is 1. The van der Waals surface area contributed by atoms with Gasteiger partial charge in [0.2, 0.25) is 5.91 Å². The van der Waals surface area contributed by atoms with Crippen LogP contribution in [0.25, 0.3) is 9.88 Å². The van der Waals surface area contributed by atoms with Crippen LogP contribution in [-0.4, -0.2) is 16.8 Å². The fraction of sp³-hybridized carbons (Fsp3) is 0.167. The Labute approximate surface area is 167 Å². The Kier molecular flexibility index (Phi) is 6.18. The Morgan fingerprint density at radius 1 is 1.12 bits per heavy atom. The maximum absolute atomic E-state index is 12.1. The van der Waals surface area contributed by atoms with Crippen molar-refractivity contribution in [3.63, 3.8) is 0 Å². The van der Waals surface area contributed by atoms with Gasteiger partial charge in [-0.3, -0.25) is 20.4 Å². The molecule has 2 amide bonds. The molecule has 0 bridgehead atoms. The summed E-state index contributed by atoms with van der Waals surface area (Å²) in [6, 6.07) is 9.28. The molecule has 134 valence electrons. The molecule has 0 aliphatic rings. The van der Waals surface area contributed by atoms with Gasteiger partial charge < -0.3 is 0 Å². The molecule has 0 fully saturated rings. The van der Waals surface area contributed by atoms with Gasteiger partial charge in [0, 0.05) is 20.8 Å². The molecule has 2 N–H and O–H groups in total. The predicted molar refractivity (Wildman–Crippen MR) is 108 cm³/mol. The van der Waals surface area contributed by atoms with Gasteiger partial charge in [0.25, 0.3) is 5.91 Å². The van der Waals surface area contributed by atoms with E-state index in [9.17, 15) is 9.59 Å². The van der Waals surface area contributed by atoms with Crippen LogP contribution in [0.3, 0.4) is 0 Å². The van der Waals surface area contributed by atoms with Crippen molar-refractivity contribution in [1.82, 2.24) is 15.8 Å². The van der Waals surface area contributed by atoms with Gasteiger partial charge >= 0.3 is 0 Å². The first-order valence-electron chi connectivity index (χ1n) is 7.92. The lowest BCUT2D eigenvalue weighted by Gasteiger charge is -2.07. The maximum atomic E-state index is 12.1. The summed E-state index contributed by atoms with van der Waals surface area (Å²) in [4.78, 5) is 29.6. The lowest BCUT2D eigenvalue weighted by Crippen LogP contribution is -2.42. The van der Waals surface area contributed by atoms with Gasteiger partial charge in [-0.15, -0.1) is 22.7 Å². The number of benzene rings is 1. The van der Waals surface area contributed by atoms with Crippen LogP contribution in [-0.2, 0) is 17.6 Å². The Morgan fingerprint density at radius 3 is 2.54 bits per heavy atom. The molecule has 3 aromatic rings. The first-order chi connectivity index (χ1) is 12.5. The molecule has 2 heterocycles. The molecule has 0 aliphatic heterocycles. The summed E-state index contributed by atoms with van der Waals surface area (Å²) < 4.78 is 1.02. The normalized spacial score (nSPS) is 10.5. The Balaban J connectivity index is 1.52. The zero-order chi connectivity index (χ0) is 18.5. The highest BCUT2D eigenvalue weighted by Crippen LogP contribution is 2.32. The quantitative estimate of drug-likeness (QED) is 0.573. The molecule has 0 spiro atoms. The molecule has 0 aliphatic carbocycles. The topological polar surface area (TPSA) is 71.1 Å². The van der Waals surface area contributed by atoms with E-state index in [0.29, 0.717) is 11.3 Å². The molecule has 1 aromatic carbocycles. The second-order valence-electron chi connectivity index (χ2n) is 5.50. The first kappa shape index (κ1) is 18.8. The standard InChI is InChI=1S/C18H16BrN3O2S2/c1-2-11-3-5-12(6-4-11)17(24)22-21-16(23)8-14-10-26-18(20-14)15-7-13(19)9-25-15/h3-7,9-10H,2,8H2,1H3,(H,21,23)(H,22,24). The summed E-state index contributed by atoms with van der Waals surface area (Å²) in [6.07, 6.45) is 1.02. The number of thiophene rings is 1. The van der Waals surface area contributed by atoms with E-state index >= 15 is 0 Å². The second kappa shape index (κ2) is 8.57. The third kappa shape index (κ3) is 4.78. The van der Waals surface area contributed by atoms with Crippen LogP contribution in [0.4, 0.5) is 0 Å². The van der Waals surface area contributed by atoms with Gasteiger partial charge in [-0.2, -0.15) is 0 Å². The van der Waals surface area contributed by atoms with E-state index in [0.717, 1.165) is 26.3 Å². The molecular formula is C18H16BrN3O2S2. The van der Waals surface area contributed by atoms with Crippen LogP contribution in [0, 0.1) is 0 Å². The van der Waals surface area contributed by atoms with E-state index in [-0.39, 0.29) is 18.2 Å². The molecule has 2 aromatic heterocycles. The number of thiazole rings is 1. The number of aromatic nitrogens is 1. The zero-order valence-corrected chi connectivity index (χ0v) is 17.1. The Bertz CT molecular complexity index is 919. The lowest BCUT2D eigenvalue weighted by molar-refractivity contribution is -0.121. The van der Waals surface area contributed by atoms with E-state index in [1.54, 1.807) is 23.5 Å². The fourth-order valence-electron chi connectivity index (χ4n) is 2.23. The zero-order valence-electron chi connectivity index (χ0n) is 13.9. The number of halogens is 1. The fourth-order valence-corrected chi connectivity index (χ4v) is 4.55. The van der Waals surface area contributed by atoms with Gasteiger partial charge in [-0.05, 0) is 46.1 Å². The number of carbonyl (C=O) groups is 2. The Morgan fingerprint density at radius 2 is 1.88 bits per heavy atom. The van der Waals surface area contributed by atoms with Crippen molar-refractivity contribution in [3.05, 3.63) is 62.4 Å². The van der Waals surface area contributed by atoms with Gasteiger partial charge in [0.1, 0.15) is 5.01 Å². The van der Waals surface area contributed by atoms with Crippen molar-refractivity contribution in [2.75, 3.05) is 0 Å². The number of rotatable bonds is 5. The summed E-state index contributed by atoms with van der Waals surface area (Å²) in [7, 11) is 0. The SMILES string of the molecule is CCc1ccc(C(=O)NNC(=O)Cc2csc(-c3cc(Br)cs3)n2)cc1. The Hall–Kier alpha value is -2.03. The third-order valence-corrected chi connectivity index (χ3v) is 6.36. The molecule has 26 heavy (non-hydrogen) atoms. The lowest BCUT2D eigenvalue weighted by atomic mass is 10.1. The molecule has 0 saturated heterocycles. The van der Waals surface area contributed by atoms with Crippen LogP contribution >= 0.6 is 38.6 Å². The number of nitrogens with one attached hydrogen (secondary N) is 2. The van der Waals surface area contributed by atoms with Gasteiger partial charge in [-0.1, -0.05) is 19.1 Å². The minimum atomic E-state index is -0.344. The summed E-state index contributed by atoms with van der Waals surface area (Å²) in [6.45, 7) is 2.05. The molecule has 5 nitrogen and oxygen atoms in total. The van der Waals surface area contributed by atoms with Crippen molar-refractivity contribution >= 4 is 50.4 Å². The average Bonchev–Trinajstić information content (AvgIpc) is 3.28. The molecule has 8 heteroatoms. The predicted octanol–water partition coefficient (Wildman–Crippen LogP) is 4.20. The molecule has 0 atom stereocenters. The average molecular weight is 450 g/mol. The van der Waals surface area contributed by atoms with Crippen molar-refractivity contribution in [3.8, 4) is 9.88 Å². The minimum absolute atomic E-state index is 0.109. The van der Waals surface area contributed by atoms with Crippen LogP contribution in [0.15, 0.2) is 45.6 Å². The monoisotopic (exact) mass is 449 g/mol. The highest BCUT2D eigenvalue weighted by Gasteiger charge is 2.12. The molecular weight excluding hydrogens is 434 g/mol. The summed E-state index contributed by atoms with van der Waals surface area (Å²) >= 11 is 6.51. The summed E-state index contributed by atoms with van der Waals surface area (Å²) in [5, 5.41) is 4.73. The van der Waals surface area contributed by atoms with E-state index in [1.807, 2.05) is 29.0 Å².